The molecular formula is C20H18N4O2S. The van der Waals surface area contributed by atoms with Crippen LogP contribution in [0.4, 0.5) is 5.82 Å². The van der Waals surface area contributed by atoms with Gasteiger partial charge >= 0.3 is 0 Å². The number of anilines is 1. The number of furan rings is 1. The van der Waals surface area contributed by atoms with Crippen LogP contribution in [0.15, 0.2) is 53.1 Å². The van der Waals surface area contributed by atoms with Gasteiger partial charge in [-0.2, -0.15) is 5.10 Å². The van der Waals surface area contributed by atoms with Crippen LogP contribution >= 0.6 is 11.3 Å². The van der Waals surface area contributed by atoms with E-state index in [0.29, 0.717) is 17.5 Å². The molecule has 6 nitrogen and oxygen atoms in total. The molecule has 0 aliphatic heterocycles. The number of carbonyl (C=O) groups excluding carboxylic acids is 1. The topological polar surface area (TPSA) is 73.0 Å². The molecule has 1 aromatic carbocycles. The molecule has 27 heavy (non-hydrogen) atoms. The normalized spacial score (nSPS) is 15.1. The Morgan fingerprint density at radius 2 is 2.11 bits per heavy atom. The zero-order valence-electron chi connectivity index (χ0n) is 14.8. The number of nitrogens with one attached hydrogen (secondary N) is 1. The minimum absolute atomic E-state index is 0.260. The number of fused-ring (bicyclic) bond motifs is 1. The largest absolute Gasteiger partial charge is 0.448 e. The van der Waals surface area contributed by atoms with Crippen LogP contribution in [-0.4, -0.2) is 20.7 Å². The van der Waals surface area contributed by atoms with Crippen molar-refractivity contribution in [1.29, 1.82) is 0 Å². The molecule has 1 fully saturated rings. The number of nitrogens with zero attached hydrogens (tertiary/aromatic N) is 3. The Hall–Kier alpha value is -2.93. The van der Waals surface area contributed by atoms with E-state index in [4.69, 9.17) is 4.42 Å². The molecule has 0 bridgehead atoms. The van der Waals surface area contributed by atoms with Crippen LogP contribution in [0, 0.1) is 5.92 Å². The van der Waals surface area contributed by atoms with Gasteiger partial charge in [0.25, 0.3) is 5.91 Å². The number of rotatable bonds is 5. The highest BCUT2D eigenvalue weighted by Crippen LogP contribution is 2.40. The van der Waals surface area contributed by atoms with Crippen molar-refractivity contribution in [1.82, 2.24) is 14.8 Å². The molecule has 5 rings (SSSR count). The number of hydrogen-bond acceptors (Lipinski definition) is 5. The maximum absolute atomic E-state index is 12.6. The van der Waals surface area contributed by atoms with Crippen molar-refractivity contribution in [3.63, 3.8) is 0 Å². The molecule has 1 unspecified atom stereocenters. The van der Waals surface area contributed by atoms with Gasteiger partial charge in [0, 0.05) is 6.07 Å². The number of para-hydroxylation sites is 1. The number of carbonyl (C=O) groups is 1. The van der Waals surface area contributed by atoms with E-state index in [9.17, 15) is 4.79 Å². The van der Waals surface area contributed by atoms with E-state index in [1.54, 1.807) is 29.7 Å². The lowest BCUT2D eigenvalue weighted by atomic mass is 10.2. The van der Waals surface area contributed by atoms with Crippen LogP contribution < -0.4 is 5.32 Å². The molecule has 3 aromatic heterocycles. The molecule has 4 aromatic rings. The van der Waals surface area contributed by atoms with Crippen molar-refractivity contribution in [2.75, 3.05) is 5.32 Å². The fourth-order valence-electron chi connectivity index (χ4n) is 3.25. The van der Waals surface area contributed by atoms with Crippen molar-refractivity contribution >= 4 is 33.3 Å². The number of thiazole rings is 1. The summed E-state index contributed by atoms with van der Waals surface area (Å²) >= 11 is 1.55. The minimum Gasteiger partial charge on any atom is -0.448 e. The zero-order valence-corrected chi connectivity index (χ0v) is 15.6. The van der Waals surface area contributed by atoms with Crippen molar-refractivity contribution in [2.24, 2.45) is 5.92 Å². The van der Waals surface area contributed by atoms with Crippen LogP contribution in [0.1, 0.15) is 36.4 Å². The second-order valence-electron chi connectivity index (χ2n) is 6.84. The zero-order chi connectivity index (χ0) is 18.4. The summed E-state index contributed by atoms with van der Waals surface area (Å²) in [6.07, 6.45) is 4.15. The lowest BCUT2D eigenvalue weighted by Gasteiger charge is -2.14. The molecule has 1 aliphatic rings. The SMILES string of the molecule is CC(C1CC1)n1nccc1NC(=O)c1ccc(-c2nc3ccccc3s2)o1. The van der Waals surface area contributed by atoms with Gasteiger partial charge in [-0.1, -0.05) is 12.1 Å². The number of amides is 1. The summed E-state index contributed by atoms with van der Waals surface area (Å²) in [5.74, 6) is 1.91. The van der Waals surface area contributed by atoms with E-state index in [0.717, 1.165) is 15.2 Å². The Bertz CT molecular complexity index is 1090. The molecule has 0 spiro atoms. The standard InChI is InChI=1S/C20H18N4O2S/c1-12(13-6-7-13)24-18(10-11-21-24)23-19(25)15-8-9-16(26-15)20-22-14-4-2-3-5-17(14)27-20/h2-5,8-13H,6-7H2,1H3,(H,23,25). The molecule has 0 saturated heterocycles. The van der Waals surface area contributed by atoms with E-state index in [-0.39, 0.29) is 17.7 Å². The molecule has 1 atom stereocenters. The molecule has 1 aliphatic carbocycles. The molecule has 136 valence electrons. The van der Waals surface area contributed by atoms with Gasteiger partial charge in [0.05, 0.1) is 22.5 Å². The first-order chi connectivity index (χ1) is 13.2. The van der Waals surface area contributed by atoms with Gasteiger partial charge in [0.2, 0.25) is 0 Å². The first-order valence-corrected chi connectivity index (χ1v) is 9.81. The van der Waals surface area contributed by atoms with Gasteiger partial charge < -0.3 is 9.73 Å². The van der Waals surface area contributed by atoms with Gasteiger partial charge in [0.15, 0.2) is 16.5 Å². The number of benzene rings is 1. The summed E-state index contributed by atoms with van der Waals surface area (Å²) in [7, 11) is 0. The molecule has 1 amide bonds. The van der Waals surface area contributed by atoms with Gasteiger partial charge in [-0.3, -0.25) is 4.79 Å². The maximum atomic E-state index is 12.6. The fraction of sp³-hybridized carbons (Fsp3) is 0.250. The van der Waals surface area contributed by atoms with Gasteiger partial charge in [-0.15, -0.1) is 11.3 Å². The molecule has 3 heterocycles. The average molecular weight is 378 g/mol. The Kier molecular flexibility index (Phi) is 3.82. The predicted molar refractivity (Wildman–Crippen MR) is 105 cm³/mol. The summed E-state index contributed by atoms with van der Waals surface area (Å²) < 4.78 is 8.75. The van der Waals surface area contributed by atoms with Crippen LogP contribution in [0.3, 0.4) is 0 Å². The van der Waals surface area contributed by atoms with Crippen LogP contribution in [0.5, 0.6) is 0 Å². The monoisotopic (exact) mass is 378 g/mol. The minimum atomic E-state index is -0.285. The van der Waals surface area contributed by atoms with Crippen LogP contribution in [0.2, 0.25) is 0 Å². The Morgan fingerprint density at radius 1 is 1.26 bits per heavy atom. The van der Waals surface area contributed by atoms with Crippen molar-refractivity contribution < 1.29 is 9.21 Å². The Morgan fingerprint density at radius 3 is 2.93 bits per heavy atom. The third kappa shape index (κ3) is 3.04. The number of aromatic nitrogens is 3. The molecule has 7 heteroatoms. The quantitative estimate of drug-likeness (QED) is 0.532. The highest BCUT2D eigenvalue weighted by atomic mass is 32.1. The van der Waals surface area contributed by atoms with E-state index in [2.05, 4.69) is 22.3 Å². The lowest BCUT2D eigenvalue weighted by Crippen LogP contribution is -2.18. The molecule has 1 N–H and O–H groups in total. The maximum Gasteiger partial charge on any atom is 0.292 e. The van der Waals surface area contributed by atoms with Crippen molar-refractivity contribution in [3.8, 4) is 10.8 Å². The van der Waals surface area contributed by atoms with Crippen molar-refractivity contribution in [3.05, 3.63) is 54.4 Å². The first-order valence-electron chi connectivity index (χ1n) is 9.00. The Labute approximate surface area is 159 Å². The van der Waals surface area contributed by atoms with Crippen molar-refractivity contribution in [2.45, 2.75) is 25.8 Å². The van der Waals surface area contributed by atoms with Crippen LogP contribution in [0.25, 0.3) is 21.0 Å². The summed E-state index contributed by atoms with van der Waals surface area (Å²) in [4.78, 5) is 17.2. The second kappa shape index (κ2) is 6.35. The fourth-order valence-corrected chi connectivity index (χ4v) is 4.17. The molecule has 0 radical (unpaired) electrons. The van der Waals surface area contributed by atoms with Gasteiger partial charge in [0.1, 0.15) is 5.82 Å². The van der Waals surface area contributed by atoms with E-state index in [1.165, 1.54) is 12.8 Å². The van der Waals surface area contributed by atoms with Crippen LogP contribution in [-0.2, 0) is 0 Å². The lowest BCUT2D eigenvalue weighted by molar-refractivity contribution is 0.0996. The third-order valence-corrected chi connectivity index (χ3v) is 5.99. The summed E-state index contributed by atoms with van der Waals surface area (Å²) in [6, 6.07) is 13.5. The van der Waals surface area contributed by atoms with E-state index < -0.39 is 0 Å². The van der Waals surface area contributed by atoms with Gasteiger partial charge in [-0.05, 0) is 49.9 Å². The highest BCUT2D eigenvalue weighted by Gasteiger charge is 2.31. The Balaban J connectivity index is 1.37. The summed E-state index contributed by atoms with van der Waals surface area (Å²) in [5.41, 5.74) is 0.929. The first kappa shape index (κ1) is 16.3. The van der Waals surface area contributed by atoms with Gasteiger partial charge in [-0.25, -0.2) is 9.67 Å². The smallest absolute Gasteiger partial charge is 0.292 e. The summed E-state index contributed by atoms with van der Waals surface area (Å²) in [5, 5.41) is 8.04. The predicted octanol–water partition coefficient (Wildman–Crippen LogP) is 4.98. The number of hydrogen-bond donors (Lipinski definition) is 1. The second-order valence-corrected chi connectivity index (χ2v) is 7.87. The van der Waals surface area contributed by atoms with E-state index in [1.807, 2.05) is 35.0 Å². The molecular weight excluding hydrogens is 360 g/mol. The van der Waals surface area contributed by atoms with E-state index >= 15 is 0 Å². The third-order valence-electron chi connectivity index (χ3n) is 4.94. The average Bonchev–Trinajstić information content (AvgIpc) is 3.09. The summed E-state index contributed by atoms with van der Waals surface area (Å²) in [6.45, 7) is 2.14. The molecule has 1 saturated carbocycles. The highest BCUT2D eigenvalue weighted by molar-refractivity contribution is 7.21.